The number of nitriles is 1. The third kappa shape index (κ3) is 4.32. The molecule has 0 aliphatic carbocycles. The molecule has 0 radical (unpaired) electrons. The maximum absolute atomic E-state index is 8.72. The lowest BCUT2D eigenvalue weighted by Crippen LogP contribution is -2.32. The summed E-state index contributed by atoms with van der Waals surface area (Å²) in [6.45, 7) is 7.43. The van der Waals surface area contributed by atoms with Gasteiger partial charge in [-0.3, -0.25) is 0 Å². The lowest BCUT2D eigenvalue weighted by molar-refractivity contribution is 0.307. The highest BCUT2D eigenvalue weighted by molar-refractivity contribution is 5.54. The number of anilines is 2. The topological polar surface area (TPSA) is 75.2 Å². The number of hydrogen-bond acceptors (Lipinski definition) is 5. The zero-order valence-corrected chi connectivity index (χ0v) is 11.9. The summed E-state index contributed by atoms with van der Waals surface area (Å²) in [6, 6.07) is 6.09. The van der Waals surface area contributed by atoms with Crippen LogP contribution in [0.1, 0.15) is 33.6 Å². The monoisotopic (exact) mass is 262 g/mol. The van der Waals surface area contributed by atoms with Crippen molar-refractivity contribution in [2.45, 2.75) is 39.7 Å². The molecule has 0 amide bonds. The lowest BCUT2D eigenvalue weighted by atomic mass is 10.2. The first kappa shape index (κ1) is 15.1. The summed E-state index contributed by atoms with van der Waals surface area (Å²) in [5, 5.41) is 8.72. The molecule has 1 aromatic heterocycles. The van der Waals surface area contributed by atoms with Crippen LogP contribution in [0, 0.1) is 11.3 Å². The number of ether oxygens (including phenoxy) is 1. The quantitative estimate of drug-likeness (QED) is 0.817. The molecule has 2 N–H and O–H groups in total. The molecule has 1 rings (SSSR count). The van der Waals surface area contributed by atoms with Crippen molar-refractivity contribution in [2.24, 2.45) is 0 Å². The highest BCUT2D eigenvalue weighted by atomic mass is 16.5. The van der Waals surface area contributed by atoms with E-state index in [4.69, 9.17) is 15.7 Å². The third-order valence-corrected chi connectivity index (χ3v) is 2.70. The lowest BCUT2D eigenvalue weighted by Gasteiger charge is -2.27. The molecule has 0 aliphatic heterocycles. The van der Waals surface area contributed by atoms with E-state index < -0.39 is 0 Å². The number of nitrogens with zero attached hydrogens (tertiary/aromatic N) is 3. The number of pyridine rings is 1. The molecule has 0 saturated carbocycles. The van der Waals surface area contributed by atoms with Crippen LogP contribution in [0.15, 0.2) is 12.1 Å². The maximum Gasteiger partial charge on any atom is 0.239 e. The molecule has 0 bridgehead atoms. The van der Waals surface area contributed by atoms with Gasteiger partial charge >= 0.3 is 0 Å². The molecule has 0 spiro atoms. The van der Waals surface area contributed by atoms with E-state index in [1.54, 1.807) is 6.07 Å². The molecule has 0 aromatic carbocycles. The molecule has 0 atom stereocenters. The van der Waals surface area contributed by atoms with Crippen molar-refractivity contribution in [1.82, 2.24) is 4.98 Å². The van der Waals surface area contributed by atoms with Crippen LogP contribution in [-0.2, 0) is 0 Å². The van der Waals surface area contributed by atoms with Crippen molar-refractivity contribution < 1.29 is 4.74 Å². The van der Waals surface area contributed by atoms with Crippen LogP contribution in [0.25, 0.3) is 0 Å². The molecule has 0 aliphatic rings. The van der Waals surface area contributed by atoms with E-state index in [-0.39, 0.29) is 6.04 Å². The number of rotatable bonds is 7. The van der Waals surface area contributed by atoms with Crippen LogP contribution >= 0.6 is 0 Å². The molecule has 5 nitrogen and oxygen atoms in total. The summed E-state index contributed by atoms with van der Waals surface area (Å²) in [7, 11) is 0. The average Bonchev–Trinajstić information content (AvgIpc) is 2.39. The number of aromatic nitrogens is 1. The maximum atomic E-state index is 8.72. The highest BCUT2D eigenvalue weighted by Crippen LogP contribution is 2.24. The van der Waals surface area contributed by atoms with E-state index in [0.717, 1.165) is 12.2 Å². The molecule has 0 fully saturated rings. The van der Waals surface area contributed by atoms with Crippen LogP contribution in [0.2, 0.25) is 0 Å². The molecule has 1 aromatic rings. The SMILES string of the molecule is CCCOc1nc(N(CCC#N)C(C)C)ccc1N. The van der Waals surface area contributed by atoms with Gasteiger partial charge in [0, 0.05) is 12.6 Å². The normalized spacial score (nSPS) is 10.3. The van der Waals surface area contributed by atoms with E-state index in [1.807, 2.05) is 13.0 Å². The van der Waals surface area contributed by atoms with Gasteiger partial charge in [-0.15, -0.1) is 0 Å². The summed E-state index contributed by atoms with van der Waals surface area (Å²) >= 11 is 0. The Kier molecular flexibility index (Phi) is 5.94. The summed E-state index contributed by atoms with van der Waals surface area (Å²) in [4.78, 5) is 6.52. The summed E-state index contributed by atoms with van der Waals surface area (Å²) in [5.41, 5.74) is 6.39. The van der Waals surface area contributed by atoms with E-state index in [1.165, 1.54) is 0 Å². The second kappa shape index (κ2) is 7.47. The van der Waals surface area contributed by atoms with Gasteiger partial charge in [0.15, 0.2) is 0 Å². The Morgan fingerprint density at radius 2 is 2.21 bits per heavy atom. The fourth-order valence-corrected chi connectivity index (χ4v) is 1.72. The molecular formula is C14H22N4O. The molecule has 104 valence electrons. The highest BCUT2D eigenvalue weighted by Gasteiger charge is 2.14. The molecule has 5 heteroatoms. The van der Waals surface area contributed by atoms with Crippen molar-refractivity contribution in [3.8, 4) is 11.9 Å². The third-order valence-electron chi connectivity index (χ3n) is 2.70. The van der Waals surface area contributed by atoms with Crippen molar-refractivity contribution >= 4 is 11.5 Å². The van der Waals surface area contributed by atoms with E-state index >= 15 is 0 Å². The van der Waals surface area contributed by atoms with Gasteiger partial charge in [-0.05, 0) is 32.4 Å². The first-order valence-electron chi connectivity index (χ1n) is 6.63. The summed E-state index contributed by atoms with van der Waals surface area (Å²) in [5.74, 6) is 1.27. The number of nitrogen functional groups attached to an aromatic ring is 1. The van der Waals surface area contributed by atoms with Crippen molar-refractivity contribution in [1.29, 1.82) is 5.26 Å². The van der Waals surface area contributed by atoms with E-state index in [0.29, 0.717) is 31.1 Å². The van der Waals surface area contributed by atoms with Gasteiger partial charge < -0.3 is 15.4 Å². The van der Waals surface area contributed by atoms with Crippen molar-refractivity contribution in [3.63, 3.8) is 0 Å². The minimum absolute atomic E-state index is 0.267. The predicted molar refractivity (Wildman–Crippen MR) is 77.1 cm³/mol. The van der Waals surface area contributed by atoms with Crippen molar-refractivity contribution in [2.75, 3.05) is 23.8 Å². The molecular weight excluding hydrogens is 240 g/mol. The number of hydrogen-bond donors (Lipinski definition) is 1. The van der Waals surface area contributed by atoms with Gasteiger partial charge in [-0.2, -0.15) is 10.2 Å². The minimum atomic E-state index is 0.267. The summed E-state index contributed by atoms with van der Waals surface area (Å²) < 4.78 is 5.53. The van der Waals surface area contributed by atoms with Gasteiger partial charge in [0.05, 0.1) is 24.8 Å². The van der Waals surface area contributed by atoms with Gasteiger partial charge in [-0.1, -0.05) is 6.92 Å². The fraction of sp³-hybridized carbons (Fsp3) is 0.571. The van der Waals surface area contributed by atoms with Crippen LogP contribution in [0.3, 0.4) is 0 Å². The van der Waals surface area contributed by atoms with Crippen LogP contribution in [-0.4, -0.2) is 24.2 Å². The zero-order chi connectivity index (χ0) is 14.3. The first-order valence-corrected chi connectivity index (χ1v) is 6.63. The second-order valence-corrected chi connectivity index (χ2v) is 4.61. The average molecular weight is 262 g/mol. The van der Waals surface area contributed by atoms with Crippen LogP contribution in [0.4, 0.5) is 11.5 Å². The zero-order valence-electron chi connectivity index (χ0n) is 11.9. The van der Waals surface area contributed by atoms with E-state index in [9.17, 15) is 0 Å². The standard InChI is InChI=1S/C14H22N4O/c1-4-10-19-14-12(16)6-7-13(17-14)18(11(2)3)9-5-8-15/h6-7,11H,4-5,9-10,16H2,1-3H3. The van der Waals surface area contributed by atoms with Crippen LogP contribution in [0.5, 0.6) is 5.88 Å². The molecule has 19 heavy (non-hydrogen) atoms. The second-order valence-electron chi connectivity index (χ2n) is 4.61. The Balaban J connectivity index is 2.93. The van der Waals surface area contributed by atoms with E-state index in [2.05, 4.69) is 29.8 Å². The Bertz CT molecular complexity index is 440. The van der Waals surface area contributed by atoms with Gasteiger partial charge in [-0.25, -0.2) is 0 Å². The molecule has 0 saturated heterocycles. The Morgan fingerprint density at radius 1 is 1.47 bits per heavy atom. The molecule has 1 heterocycles. The largest absolute Gasteiger partial charge is 0.476 e. The Morgan fingerprint density at radius 3 is 2.79 bits per heavy atom. The van der Waals surface area contributed by atoms with Gasteiger partial charge in [0.2, 0.25) is 5.88 Å². The van der Waals surface area contributed by atoms with Crippen molar-refractivity contribution in [3.05, 3.63) is 12.1 Å². The van der Waals surface area contributed by atoms with Crippen LogP contribution < -0.4 is 15.4 Å². The summed E-state index contributed by atoms with van der Waals surface area (Å²) in [6.07, 6.45) is 1.38. The Labute approximate surface area is 115 Å². The fourth-order valence-electron chi connectivity index (χ4n) is 1.72. The predicted octanol–water partition coefficient (Wildman–Crippen LogP) is 2.58. The molecule has 0 unspecified atom stereocenters. The number of nitrogens with two attached hydrogens (primary N) is 1. The smallest absolute Gasteiger partial charge is 0.239 e. The van der Waals surface area contributed by atoms with Gasteiger partial charge in [0.1, 0.15) is 5.82 Å². The van der Waals surface area contributed by atoms with Gasteiger partial charge in [0.25, 0.3) is 0 Å². The minimum Gasteiger partial charge on any atom is -0.476 e. The Hall–Kier alpha value is -1.96. The first-order chi connectivity index (χ1) is 9.10.